The predicted octanol–water partition coefficient (Wildman–Crippen LogP) is 3.49. The minimum atomic E-state index is 0. The second-order valence-corrected chi connectivity index (χ2v) is 3.97. The van der Waals surface area contributed by atoms with E-state index < -0.39 is 0 Å². The summed E-state index contributed by atoms with van der Waals surface area (Å²) in [5, 5.41) is 0.569. The average molecular weight is 316 g/mol. The molecule has 106 valence electrons. The first-order chi connectivity index (χ1) is 7.67. The van der Waals surface area contributed by atoms with E-state index in [0.717, 1.165) is 19.6 Å². The Balaban J connectivity index is 0. The summed E-state index contributed by atoms with van der Waals surface area (Å²) in [6.07, 6.45) is 0. The van der Waals surface area contributed by atoms with Crippen molar-refractivity contribution >= 4 is 42.1 Å². The molecular weight excluding hydrogens is 295 g/mol. The maximum Gasteiger partial charge on any atom is 0.138 e. The van der Waals surface area contributed by atoms with Gasteiger partial charge in [-0.25, -0.2) is 0 Å². The zero-order valence-electron chi connectivity index (χ0n) is 10.7. The molecule has 0 heterocycles. The van der Waals surface area contributed by atoms with Gasteiger partial charge in [0.1, 0.15) is 12.4 Å². The molecule has 0 unspecified atom stereocenters. The van der Waals surface area contributed by atoms with Crippen LogP contribution in [0.3, 0.4) is 0 Å². The van der Waals surface area contributed by atoms with Crippen molar-refractivity contribution in [3.05, 3.63) is 23.2 Å². The number of ether oxygens (including phenoxy) is 1. The highest BCUT2D eigenvalue weighted by atomic mass is 35.5. The molecule has 0 atom stereocenters. The van der Waals surface area contributed by atoms with Gasteiger partial charge in [-0.2, -0.15) is 0 Å². The van der Waals surface area contributed by atoms with Gasteiger partial charge in [0.05, 0.1) is 5.02 Å². The van der Waals surface area contributed by atoms with E-state index in [0.29, 0.717) is 23.1 Å². The van der Waals surface area contributed by atoms with Crippen LogP contribution in [-0.2, 0) is 0 Å². The topological polar surface area (TPSA) is 38.5 Å². The third-order valence-corrected chi connectivity index (χ3v) is 2.81. The Morgan fingerprint density at radius 2 is 1.83 bits per heavy atom. The number of benzene rings is 1. The van der Waals surface area contributed by atoms with E-state index in [4.69, 9.17) is 22.1 Å². The highest BCUT2D eigenvalue weighted by Gasteiger charge is 2.03. The van der Waals surface area contributed by atoms with E-state index >= 15 is 0 Å². The first kappa shape index (κ1) is 20.0. The molecular formula is C12H21Cl3N2O. The van der Waals surface area contributed by atoms with Crippen molar-refractivity contribution in [3.63, 3.8) is 0 Å². The fourth-order valence-corrected chi connectivity index (χ4v) is 1.70. The van der Waals surface area contributed by atoms with Crippen LogP contribution in [0.4, 0.5) is 5.69 Å². The van der Waals surface area contributed by atoms with Gasteiger partial charge < -0.3 is 15.4 Å². The van der Waals surface area contributed by atoms with Gasteiger partial charge in [-0.3, -0.25) is 0 Å². The van der Waals surface area contributed by atoms with Gasteiger partial charge in [0.25, 0.3) is 0 Å². The summed E-state index contributed by atoms with van der Waals surface area (Å²) in [7, 11) is 0. The van der Waals surface area contributed by atoms with Crippen molar-refractivity contribution in [1.29, 1.82) is 0 Å². The second-order valence-electron chi connectivity index (χ2n) is 3.57. The minimum absolute atomic E-state index is 0. The van der Waals surface area contributed by atoms with Gasteiger partial charge >= 0.3 is 0 Å². The zero-order valence-corrected chi connectivity index (χ0v) is 13.1. The van der Waals surface area contributed by atoms with Crippen LogP contribution in [0.5, 0.6) is 5.75 Å². The highest BCUT2D eigenvalue weighted by Crippen LogP contribution is 2.26. The van der Waals surface area contributed by atoms with Crippen molar-refractivity contribution in [2.45, 2.75) is 13.8 Å². The van der Waals surface area contributed by atoms with Crippen LogP contribution >= 0.6 is 36.4 Å². The molecule has 0 bridgehead atoms. The molecule has 2 N–H and O–H groups in total. The van der Waals surface area contributed by atoms with Crippen molar-refractivity contribution in [1.82, 2.24) is 4.90 Å². The van der Waals surface area contributed by atoms with Gasteiger partial charge in [-0.05, 0) is 31.3 Å². The molecule has 6 heteroatoms. The van der Waals surface area contributed by atoms with Crippen LogP contribution in [0.1, 0.15) is 13.8 Å². The molecule has 0 aromatic heterocycles. The summed E-state index contributed by atoms with van der Waals surface area (Å²) >= 11 is 5.99. The van der Waals surface area contributed by atoms with Gasteiger partial charge in [0.15, 0.2) is 0 Å². The van der Waals surface area contributed by atoms with Crippen LogP contribution in [0.15, 0.2) is 18.2 Å². The lowest BCUT2D eigenvalue weighted by atomic mass is 10.3. The van der Waals surface area contributed by atoms with E-state index in [9.17, 15) is 0 Å². The summed E-state index contributed by atoms with van der Waals surface area (Å²) in [6, 6.07) is 5.30. The molecule has 0 saturated carbocycles. The average Bonchev–Trinajstić information content (AvgIpc) is 2.27. The van der Waals surface area contributed by atoms with Crippen molar-refractivity contribution in [3.8, 4) is 5.75 Å². The molecule has 0 amide bonds. The molecule has 0 fully saturated rings. The number of hydrogen-bond donors (Lipinski definition) is 1. The number of hydrogen-bond acceptors (Lipinski definition) is 3. The largest absolute Gasteiger partial charge is 0.491 e. The van der Waals surface area contributed by atoms with E-state index in [1.165, 1.54) is 0 Å². The fourth-order valence-electron chi connectivity index (χ4n) is 1.46. The molecule has 0 aliphatic heterocycles. The lowest BCUT2D eigenvalue weighted by Gasteiger charge is -2.18. The summed E-state index contributed by atoms with van der Waals surface area (Å²) in [6.45, 7) is 7.91. The standard InChI is InChI=1S/C12H19ClN2O.2ClH/c1-3-15(4-2)7-8-16-12-6-5-10(14)9-11(12)13;;/h5-6,9H,3-4,7-8,14H2,1-2H3;2*1H. The molecule has 0 spiro atoms. The van der Waals surface area contributed by atoms with Crippen LogP contribution in [0, 0.1) is 0 Å². The number of nitrogens with two attached hydrogens (primary N) is 1. The molecule has 1 aromatic carbocycles. The van der Waals surface area contributed by atoms with E-state index in [-0.39, 0.29) is 24.8 Å². The number of halogens is 3. The molecule has 0 aliphatic carbocycles. The Bertz CT molecular complexity index is 333. The molecule has 1 rings (SSSR count). The fraction of sp³-hybridized carbons (Fsp3) is 0.500. The first-order valence-electron chi connectivity index (χ1n) is 5.57. The molecule has 18 heavy (non-hydrogen) atoms. The van der Waals surface area contributed by atoms with Crippen LogP contribution < -0.4 is 10.5 Å². The molecule has 3 nitrogen and oxygen atoms in total. The monoisotopic (exact) mass is 314 g/mol. The lowest BCUT2D eigenvalue weighted by Crippen LogP contribution is -2.27. The van der Waals surface area contributed by atoms with Gasteiger partial charge in [0, 0.05) is 12.2 Å². The van der Waals surface area contributed by atoms with E-state index in [1.54, 1.807) is 18.2 Å². The Morgan fingerprint density at radius 3 is 2.33 bits per heavy atom. The lowest BCUT2D eigenvalue weighted by molar-refractivity contribution is 0.223. The number of likely N-dealkylation sites (N-methyl/N-ethyl adjacent to an activating group) is 1. The third kappa shape index (κ3) is 6.55. The van der Waals surface area contributed by atoms with Crippen molar-refractivity contribution in [2.75, 3.05) is 32.0 Å². The second kappa shape index (κ2) is 10.6. The Kier molecular flexibility index (Phi) is 11.7. The molecule has 0 aliphatic rings. The van der Waals surface area contributed by atoms with E-state index in [1.807, 2.05) is 0 Å². The minimum Gasteiger partial charge on any atom is -0.491 e. The summed E-state index contributed by atoms with van der Waals surface area (Å²) < 4.78 is 5.60. The van der Waals surface area contributed by atoms with Crippen molar-refractivity contribution in [2.24, 2.45) is 0 Å². The number of nitrogens with zero attached hydrogens (tertiary/aromatic N) is 1. The summed E-state index contributed by atoms with van der Waals surface area (Å²) in [5.74, 6) is 0.697. The van der Waals surface area contributed by atoms with Crippen LogP contribution in [-0.4, -0.2) is 31.1 Å². The van der Waals surface area contributed by atoms with Gasteiger partial charge in [-0.1, -0.05) is 25.4 Å². The predicted molar refractivity (Wildman–Crippen MR) is 83.6 cm³/mol. The number of anilines is 1. The maximum atomic E-state index is 5.99. The van der Waals surface area contributed by atoms with Gasteiger partial charge in [0.2, 0.25) is 0 Å². The molecule has 0 saturated heterocycles. The normalized spacial score (nSPS) is 9.56. The summed E-state index contributed by atoms with van der Waals surface area (Å²) in [4.78, 5) is 2.30. The van der Waals surface area contributed by atoms with Crippen LogP contribution in [0.25, 0.3) is 0 Å². The number of nitrogen functional groups attached to an aromatic ring is 1. The first-order valence-corrected chi connectivity index (χ1v) is 5.95. The van der Waals surface area contributed by atoms with Gasteiger partial charge in [-0.15, -0.1) is 24.8 Å². The molecule has 1 aromatic rings. The number of rotatable bonds is 6. The highest BCUT2D eigenvalue weighted by molar-refractivity contribution is 6.32. The zero-order chi connectivity index (χ0) is 12.0. The Morgan fingerprint density at radius 1 is 1.22 bits per heavy atom. The van der Waals surface area contributed by atoms with E-state index in [2.05, 4.69) is 18.7 Å². The van der Waals surface area contributed by atoms with Crippen molar-refractivity contribution < 1.29 is 4.74 Å². The summed E-state index contributed by atoms with van der Waals surface area (Å²) in [5.41, 5.74) is 6.25. The van der Waals surface area contributed by atoms with Crippen LogP contribution in [0.2, 0.25) is 5.02 Å². The third-order valence-electron chi connectivity index (χ3n) is 2.52. The molecule has 0 radical (unpaired) electrons. The SMILES string of the molecule is CCN(CC)CCOc1ccc(N)cc1Cl.Cl.Cl. The maximum absolute atomic E-state index is 5.99. The smallest absolute Gasteiger partial charge is 0.138 e. The Labute approximate surface area is 126 Å². The quantitative estimate of drug-likeness (QED) is 0.817. The Hall–Kier alpha value is -0.350.